The van der Waals surface area contributed by atoms with Crippen LogP contribution in [0.1, 0.15) is 80.9 Å². The van der Waals surface area contributed by atoms with Gasteiger partial charge in [-0.25, -0.2) is 0 Å². The highest BCUT2D eigenvalue weighted by atomic mass is 16.3. The van der Waals surface area contributed by atoms with Crippen molar-refractivity contribution in [2.75, 3.05) is 21.1 Å². The normalized spacial score (nSPS) is 38.0. The number of nitrogens with zero attached hydrogens (tertiary/aromatic N) is 2. The molecule has 4 bridgehead atoms. The Hall–Kier alpha value is -1.06. The summed E-state index contributed by atoms with van der Waals surface area (Å²) in [6.07, 6.45) is 13.5. The van der Waals surface area contributed by atoms with Gasteiger partial charge in [0.1, 0.15) is 5.75 Å². The number of benzene rings is 1. The van der Waals surface area contributed by atoms with E-state index < -0.39 is 0 Å². The summed E-state index contributed by atoms with van der Waals surface area (Å²) in [4.78, 5) is 4.94. The average molecular weight is 411 g/mol. The molecule has 0 amide bonds. The molecule has 3 heteroatoms. The first kappa shape index (κ1) is 20.8. The van der Waals surface area contributed by atoms with Crippen molar-refractivity contribution in [1.29, 1.82) is 0 Å². The molecule has 6 rings (SSSR count). The predicted molar refractivity (Wildman–Crippen MR) is 124 cm³/mol. The third-order valence-corrected chi connectivity index (χ3v) is 9.29. The van der Waals surface area contributed by atoms with Crippen LogP contribution in [0.4, 0.5) is 0 Å². The van der Waals surface area contributed by atoms with Crippen LogP contribution in [0.2, 0.25) is 0 Å². The van der Waals surface area contributed by atoms with Crippen LogP contribution < -0.4 is 0 Å². The Balaban J connectivity index is 1.42. The molecule has 5 aliphatic rings. The summed E-state index contributed by atoms with van der Waals surface area (Å²) in [5.41, 5.74) is 4.05. The summed E-state index contributed by atoms with van der Waals surface area (Å²) in [6.45, 7) is 3.10. The zero-order valence-corrected chi connectivity index (χ0v) is 19.7. The van der Waals surface area contributed by atoms with E-state index in [9.17, 15) is 5.11 Å². The standard InChI is InChI=1S/C27H42N2O/c1-18-9-22(17-29(4)25-8-6-5-7-24(25)28(2)3)26(30)23(10-18)27-14-19-11-20(15-27)13-21(12-19)16-27/h9-10,19-21,24-25,30H,5-8,11-17H2,1-4H3/t19?,20?,21?,24-,25-,27?/m1/s1. The summed E-state index contributed by atoms with van der Waals surface area (Å²) >= 11 is 0. The third kappa shape index (κ3) is 3.60. The van der Waals surface area contributed by atoms with E-state index in [2.05, 4.69) is 50.0 Å². The smallest absolute Gasteiger partial charge is 0.123 e. The molecule has 0 aliphatic heterocycles. The van der Waals surface area contributed by atoms with Gasteiger partial charge in [0, 0.05) is 29.8 Å². The van der Waals surface area contributed by atoms with Gasteiger partial charge in [-0.2, -0.15) is 0 Å². The number of phenolic OH excluding ortho intramolecular Hbond substituents is 1. The maximum atomic E-state index is 11.6. The molecule has 0 saturated heterocycles. The Labute approximate surface area is 183 Å². The molecule has 0 radical (unpaired) electrons. The minimum atomic E-state index is 0.259. The first-order valence-electron chi connectivity index (χ1n) is 12.5. The van der Waals surface area contributed by atoms with Gasteiger partial charge in [-0.3, -0.25) is 4.90 Å². The SMILES string of the molecule is Cc1cc(CN(C)[C@@H]2CCCC[C@H]2N(C)C)c(O)c(C23CC4CC(CC(C4)C2)C3)c1. The number of aryl methyl sites for hydroxylation is 1. The van der Waals surface area contributed by atoms with Gasteiger partial charge in [-0.05, 0) is 103 Å². The van der Waals surface area contributed by atoms with E-state index in [0.29, 0.717) is 17.8 Å². The van der Waals surface area contributed by atoms with Crippen molar-refractivity contribution < 1.29 is 5.11 Å². The van der Waals surface area contributed by atoms with Crippen LogP contribution in [0.3, 0.4) is 0 Å². The van der Waals surface area contributed by atoms with Crippen LogP contribution in [0.5, 0.6) is 5.75 Å². The lowest BCUT2D eigenvalue weighted by atomic mass is 9.48. The third-order valence-electron chi connectivity index (χ3n) is 9.29. The van der Waals surface area contributed by atoms with E-state index in [1.54, 1.807) is 0 Å². The fourth-order valence-electron chi connectivity index (χ4n) is 8.41. The fraction of sp³-hybridized carbons (Fsp3) is 0.778. The fourth-order valence-corrected chi connectivity index (χ4v) is 8.41. The quantitative estimate of drug-likeness (QED) is 0.697. The second kappa shape index (κ2) is 7.81. The summed E-state index contributed by atoms with van der Waals surface area (Å²) < 4.78 is 0. The second-order valence-electron chi connectivity index (χ2n) is 11.8. The number of likely N-dealkylation sites (N-methyl/N-ethyl adjacent to an activating group) is 2. The van der Waals surface area contributed by atoms with Crippen LogP contribution in [0.25, 0.3) is 0 Å². The summed E-state index contributed by atoms with van der Waals surface area (Å²) in [5, 5.41) is 11.6. The number of hydrogen-bond donors (Lipinski definition) is 1. The first-order chi connectivity index (χ1) is 14.3. The lowest BCUT2D eigenvalue weighted by Crippen LogP contribution is -2.49. The minimum absolute atomic E-state index is 0.259. The van der Waals surface area contributed by atoms with Crippen molar-refractivity contribution in [1.82, 2.24) is 9.80 Å². The maximum absolute atomic E-state index is 11.6. The largest absolute Gasteiger partial charge is 0.507 e. The Morgan fingerprint density at radius 2 is 1.47 bits per heavy atom. The Bertz CT molecular complexity index is 750. The summed E-state index contributed by atoms with van der Waals surface area (Å²) in [7, 11) is 6.73. The lowest BCUT2D eigenvalue weighted by Gasteiger charge is -2.57. The molecule has 5 fully saturated rings. The van der Waals surface area contributed by atoms with E-state index >= 15 is 0 Å². The van der Waals surface area contributed by atoms with E-state index in [4.69, 9.17) is 0 Å². The molecule has 1 N–H and O–H groups in total. The molecule has 0 unspecified atom stereocenters. The number of hydrogen-bond acceptors (Lipinski definition) is 3. The van der Waals surface area contributed by atoms with Gasteiger partial charge in [0.25, 0.3) is 0 Å². The van der Waals surface area contributed by atoms with Gasteiger partial charge in [-0.15, -0.1) is 0 Å². The van der Waals surface area contributed by atoms with Crippen LogP contribution >= 0.6 is 0 Å². The highest BCUT2D eigenvalue weighted by molar-refractivity contribution is 5.48. The molecule has 0 aromatic heterocycles. The molecule has 2 atom stereocenters. The van der Waals surface area contributed by atoms with Gasteiger partial charge in [0.15, 0.2) is 0 Å². The van der Waals surface area contributed by atoms with Crippen molar-refractivity contribution in [3.63, 3.8) is 0 Å². The molecule has 0 heterocycles. The zero-order chi connectivity index (χ0) is 21.0. The van der Waals surface area contributed by atoms with Crippen LogP contribution in [0, 0.1) is 24.7 Å². The van der Waals surface area contributed by atoms with Crippen molar-refractivity contribution in [3.05, 3.63) is 28.8 Å². The molecule has 0 spiro atoms. The summed E-state index contributed by atoms with van der Waals surface area (Å²) in [6, 6.07) is 5.80. The maximum Gasteiger partial charge on any atom is 0.123 e. The van der Waals surface area contributed by atoms with Crippen molar-refractivity contribution >= 4 is 0 Å². The topological polar surface area (TPSA) is 26.7 Å². The van der Waals surface area contributed by atoms with E-state index in [1.165, 1.54) is 75.3 Å². The van der Waals surface area contributed by atoms with Crippen molar-refractivity contribution in [2.45, 2.75) is 95.2 Å². The molecule has 5 aliphatic carbocycles. The van der Waals surface area contributed by atoms with Gasteiger partial charge in [0.2, 0.25) is 0 Å². The molecular weight excluding hydrogens is 368 g/mol. The Kier molecular flexibility index (Phi) is 5.42. The van der Waals surface area contributed by atoms with Crippen molar-refractivity contribution in [3.8, 4) is 5.75 Å². The van der Waals surface area contributed by atoms with Gasteiger partial charge >= 0.3 is 0 Å². The van der Waals surface area contributed by atoms with E-state index in [1.807, 2.05) is 0 Å². The van der Waals surface area contributed by atoms with Crippen LogP contribution in [0.15, 0.2) is 12.1 Å². The average Bonchev–Trinajstić information content (AvgIpc) is 2.69. The molecular formula is C27H42N2O. The first-order valence-corrected chi connectivity index (χ1v) is 12.5. The Morgan fingerprint density at radius 1 is 0.900 bits per heavy atom. The van der Waals surface area contributed by atoms with Crippen LogP contribution in [-0.4, -0.2) is 48.1 Å². The molecule has 5 saturated carbocycles. The second-order valence-corrected chi connectivity index (χ2v) is 11.8. The summed E-state index contributed by atoms with van der Waals surface area (Å²) in [5.74, 6) is 3.35. The minimum Gasteiger partial charge on any atom is -0.507 e. The molecule has 166 valence electrons. The number of phenols is 1. The highest BCUT2D eigenvalue weighted by Gasteiger charge is 2.52. The van der Waals surface area contributed by atoms with Gasteiger partial charge in [0.05, 0.1) is 0 Å². The van der Waals surface area contributed by atoms with Crippen molar-refractivity contribution in [2.24, 2.45) is 17.8 Å². The molecule has 1 aromatic rings. The van der Waals surface area contributed by atoms with Crippen LogP contribution in [-0.2, 0) is 12.0 Å². The van der Waals surface area contributed by atoms with E-state index in [0.717, 1.165) is 29.9 Å². The predicted octanol–water partition coefficient (Wildman–Crippen LogP) is 5.47. The monoisotopic (exact) mass is 410 g/mol. The molecule has 1 aromatic carbocycles. The number of rotatable bonds is 5. The molecule has 30 heavy (non-hydrogen) atoms. The highest BCUT2D eigenvalue weighted by Crippen LogP contribution is 2.62. The van der Waals surface area contributed by atoms with E-state index in [-0.39, 0.29) is 5.41 Å². The lowest BCUT2D eigenvalue weighted by molar-refractivity contribution is -0.00627. The zero-order valence-electron chi connectivity index (χ0n) is 19.7. The molecule has 3 nitrogen and oxygen atoms in total. The van der Waals surface area contributed by atoms with Gasteiger partial charge < -0.3 is 10.0 Å². The Morgan fingerprint density at radius 3 is 2.03 bits per heavy atom. The number of aromatic hydroxyl groups is 1. The van der Waals surface area contributed by atoms with Gasteiger partial charge in [-0.1, -0.05) is 30.5 Å².